The summed E-state index contributed by atoms with van der Waals surface area (Å²) in [6, 6.07) is 0. The smallest absolute Gasteiger partial charge is 0.327 e. The van der Waals surface area contributed by atoms with Crippen molar-refractivity contribution in [1.82, 2.24) is 0 Å². The summed E-state index contributed by atoms with van der Waals surface area (Å²) in [4.78, 5) is 61.7. The lowest BCUT2D eigenvalue weighted by Crippen LogP contribution is -2.65. The molecule has 1 aliphatic heterocycles. The summed E-state index contributed by atoms with van der Waals surface area (Å²) < 4.78 is 31.3. The molecular weight excluding hydrogens is 990 g/mol. The molecule has 0 aromatic rings. The largest absolute Gasteiger partial charge is 0.369 e. The summed E-state index contributed by atoms with van der Waals surface area (Å²) >= 11 is 0. The zero-order valence-corrected chi connectivity index (χ0v) is 51.4. The van der Waals surface area contributed by atoms with Gasteiger partial charge in [0.05, 0.1) is 13.2 Å². The maximum atomic E-state index is 10.5. The van der Waals surface area contributed by atoms with Gasteiger partial charge in [-0.3, -0.25) is 0 Å². The van der Waals surface area contributed by atoms with E-state index >= 15 is 0 Å². The topological polar surface area (TPSA) is 168 Å². The summed E-state index contributed by atoms with van der Waals surface area (Å²) in [5.74, 6) is 0. The SMILES string of the molecule is CCCCCCCCCCCCCCCCCCO[C@](CCCCCCCCCCCCCCCCCC)(COP(O)O)[C@@]1(CCCCCCCCCCCCCCCCCC)OC[C@H](OP(O)O)[C@H]1OP(O)O. The Kier molecular flexibility index (Phi) is 52.4. The quantitative estimate of drug-likeness (QED) is 0.0253. The van der Waals surface area contributed by atoms with Crippen LogP contribution in [0.1, 0.15) is 342 Å². The van der Waals surface area contributed by atoms with Gasteiger partial charge in [0.2, 0.25) is 0 Å². The summed E-state index contributed by atoms with van der Waals surface area (Å²) in [7, 11) is -8.48. The third-order valence-electron chi connectivity index (χ3n) is 16.1. The molecule has 0 aromatic heterocycles. The van der Waals surface area contributed by atoms with E-state index in [9.17, 15) is 29.4 Å². The van der Waals surface area contributed by atoms with Gasteiger partial charge in [-0.1, -0.05) is 323 Å². The van der Waals surface area contributed by atoms with Crippen molar-refractivity contribution < 1.29 is 52.4 Å². The molecule has 4 atom stereocenters. The van der Waals surface area contributed by atoms with Gasteiger partial charge in [0.1, 0.15) is 23.4 Å². The molecule has 1 fully saturated rings. The van der Waals surface area contributed by atoms with Gasteiger partial charge in [0, 0.05) is 6.61 Å². The van der Waals surface area contributed by atoms with E-state index in [0.717, 1.165) is 70.6 Å². The van der Waals surface area contributed by atoms with E-state index in [0.29, 0.717) is 19.4 Å². The minimum Gasteiger partial charge on any atom is -0.369 e. The fourth-order valence-corrected chi connectivity index (χ4v) is 12.9. The van der Waals surface area contributed by atoms with Crippen LogP contribution >= 0.6 is 25.8 Å². The highest BCUT2D eigenvalue weighted by Crippen LogP contribution is 2.53. The van der Waals surface area contributed by atoms with Crippen LogP contribution in [0.2, 0.25) is 0 Å². The van der Waals surface area contributed by atoms with Crippen LogP contribution in [0, 0.1) is 0 Å². The third kappa shape index (κ3) is 39.3. The Labute approximate surface area is 461 Å². The average Bonchev–Trinajstić information content (AvgIpc) is 3.71. The zero-order valence-electron chi connectivity index (χ0n) is 48.7. The maximum Gasteiger partial charge on any atom is 0.327 e. The van der Waals surface area contributed by atoms with E-state index in [1.54, 1.807) is 0 Å². The number of ether oxygens (including phenoxy) is 2. The highest BCUT2D eigenvalue weighted by atomic mass is 31.2. The number of hydrogen-bond donors (Lipinski definition) is 6. The van der Waals surface area contributed by atoms with Gasteiger partial charge in [-0.15, -0.1) is 0 Å². The standard InChI is InChI=1S/C60H123O11P3/c1-4-7-10-13-16-19-22-25-28-31-34-37-40-43-46-49-52-59(56-69-72(61)62,67-54-51-48-45-42-39-36-33-30-27-24-21-18-15-12-9-6-3)60(58(71-74(65)66)57(55-68-60)70-73(63)64)53-50-47-44-41-38-35-32-29-26-23-20-17-14-11-8-5-2/h57-58,61-66H,4-56H2,1-3H3/t57-,58+,59+,60-/m0/s1. The lowest BCUT2D eigenvalue weighted by Gasteiger charge is -2.50. The Balaban J connectivity index is 3.00. The third-order valence-corrected chi connectivity index (χ3v) is 17.4. The monoisotopic (exact) mass is 1110 g/mol. The molecule has 1 rings (SSSR count). The molecule has 14 heteroatoms. The number of hydrogen-bond acceptors (Lipinski definition) is 11. The van der Waals surface area contributed by atoms with Crippen molar-refractivity contribution in [2.45, 2.75) is 365 Å². The lowest BCUT2D eigenvalue weighted by atomic mass is 9.72. The average molecular weight is 1110 g/mol. The molecule has 74 heavy (non-hydrogen) atoms. The molecule has 0 radical (unpaired) electrons. The van der Waals surface area contributed by atoms with Crippen LogP contribution < -0.4 is 0 Å². The van der Waals surface area contributed by atoms with Crippen LogP contribution in [-0.4, -0.2) is 72.6 Å². The van der Waals surface area contributed by atoms with Gasteiger partial charge < -0.3 is 52.4 Å². The Morgan fingerprint density at radius 2 is 0.676 bits per heavy atom. The van der Waals surface area contributed by atoms with Crippen LogP contribution in [0.4, 0.5) is 0 Å². The molecule has 1 saturated heterocycles. The maximum absolute atomic E-state index is 10.5. The van der Waals surface area contributed by atoms with Crippen LogP contribution in [0.3, 0.4) is 0 Å². The van der Waals surface area contributed by atoms with E-state index in [2.05, 4.69) is 20.8 Å². The highest BCUT2D eigenvalue weighted by Gasteiger charge is 2.65. The van der Waals surface area contributed by atoms with Crippen molar-refractivity contribution in [3.8, 4) is 0 Å². The first-order valence-corrected chi connectivity index (χ1v) is 35.5. The van der Waals surface area contributed by atoms with Crippen LogP contribution in [0.5, 0.6) is 0 Å². The van der Waals surface area contributed by atoms with Gasteiger partial charge >= 0.3 is 25.8 Å². The molecule has 0 bridgehead atoms. The molecule has 1 heterocycles. The van der Waals surface area contributed by atoms with Gasteiger partial charge in [-0.2, -0.15) is 0 Å². The molecule has 6 N–H and O–H groups in total. The number of unbranched alkanes of at least 4 members (excludes halogenated alkanes) is 45. The number of rotatable bonds is 60. The van der Waals surface area contributed by atoms with Gasteiger partial charge in [0.15, 0.2) is 0 Å². The molecule has 0 unspecified atom stereocenters. The van der Waals surface area contributed by atoms with Crippen molar-refractivity contribution in [3.63, 3.8) is 0 Å². The molecule has 0 spiro atoms. The lowest BCUT2D eigenvalue weighted by molar-refractivity contribution is -0.234. The summed E-state index contributed by atoms with van der Waals surface area (Å²) in [5.41, 5.74) is -2.64. The molecular formula is C60H123O11P3. The van der Waals surface area contributed by atoms with Crippen LogP contribution in [-0.2, 0) is 23.0 Å². The van der Waals surface area contributed by atoms with Crippen LogP contribution in [0.15, 0.2) is 0 Å². The van der Waals surface area contributed by atoms with Gasteiger partial charge in [0.25, 0.3) is 0 Å². The first-order chi connectivity index (χ1) is 36.2. The second kappa shape index (κ2) is 53.2. The van der Waals surface area contributed by atoms with Crippen molar-refractivity contribution in [2.75, 3.05) is 19.8 Å². The molecule has 444 valence electrons. The second-order valence-electron chi connectivity index (χ2n) is 22.7. The molecule has 1 aliphatic rings. The summed E-state index contributed by atoms with van der Waals surface area (Å²) in [6.45, 7) is 6.93. The molecule has 11 nitrogen and oxygen atoms in total. The normalized spacial score (nSPS) is 18.0. The first-order valence-electron chi connectivity index (χ1n) is 32.0. The van der Waals surface area contributed by atoms with Crippen molar-refractivity contribution in [2.24, 2.45) is 0 Å². The zero-order chi connectivity index (χ0) is 53.9. The predicted molar refractivity (Wildman–Crippen MR) is 315 cm³/mol. The van der Waals surface area contributed by atoms with Crippen molar-refractivity contribution in [1.29, 1.82) is 0 Å². The van der Waals surface area contributed by atoms with Gasteiger partial charge in [-0.05, 0) is 19.3 Å². The van der Waals surface area contributed by atoms with E-state index in [1.165, 1.54) is 238 Å². The Morgan fingerprint density at radius 1 is 0.378 bits per heavy atom. The fraction of sp³-hybridized carbons (Fsp3) is 1.00. The minimum absolute atomic E-state index is 0.0806. The first kappa shape index (κ1) is 72.9. The molecule has 0 saturated carbocycles. The van der Waals surface area contributed by atoms with E-state index in [-0.39, 0.29) is 13.2 Å². The van der Waals surface area contributed by atoms with E-state index < -0.39 is 49.2 Å². The summed E-state index contributed by atoms with van der Waals surface area (Å²) in [5, 5.41) is 0. The van der Waals surface area contributed by atoms with Gasteiger partial charge in [-0.25, -0.2) is 0 Å². The fourth-order valence-electron chi connectivity index (χ4n) is 11.6. The molecule has 0 aliphatic carbocycles. The summed E-state index contributed by atoms with van der Waals surface area (Å²) in [6.07, 6.45) is 58.6. The van der Waals surface area contributed by atoms with Crippen molar-refractivity contribution in [3.05, 3.63) is 0 Å². The Morgan fingerprint density at radius 3 is 0.986 bits per heavy atom. The molecule has 0 amide bonds. The Bertz CT molecular complexity index is 1150. The van der Waals surface area contributed by atoms with E-state index in [4.69, 9.17) is 23.0 Å². The van der Waals surface area contributed by atoms with E-state index in [1.807, 2.05) is 0 Å². The second-order valence-corrected chi connectivity index (χ2v) is 24.9. The van der Waals surface area contributed by atoms with Crippen LogP contribution in [0.25, 0.3) is 0 Å². The highest BCUT2D eigenvalue weighted by molar-refractivity contribution is 7.40. The Hall–Kier alpha value is 0.850. The van der Waals surface area contributed by atoms with Crippen molar-refractivity contribution >= 4 is 25.8 Å². The molecule has 0 aromatic carbocycles. The minimum atomic E-state index is -2.91. The predicted octanol–water partition coefficient (Wildman–Crippen LogP) is 19.5.